The molecular weight excluding hydrogens is 480 g/mol. The number of nitrogens with one attached hydrogen (secondary N) is 2. The molecule has 4 N–H and O–H groups in total. The van der Waals surface area contributed by atoms with E-state index in [1.165, 1.54) is 12.1 Å². The van der Waals surface area contributed by atoms with E-state index in [4.69, 9.17) is 0 Å². The summed E-state index contributed by atoms with van der Waals surface area (Å²) >= 11 is 0. The van der Waals surface area contributed by atoms with Crippen molar-refractivity contribution in [2.75, 3.05) is 26.7 Å². The van der Waals surface area contributed by atoms with E-state index in [0.29, 0.717) is 30.6 Å². The van der Waals surface area contributed by atoms with E-state index in [2.05, 4.69) is 10.6 Å². The number of carboxylic acid groups (broad SMARTS) is 2. The summed E-state index contributed by atoms with van der Waals surface area (Å²) in [7, 11) is -2.05. The third-order valence-electron chi connectivity index (χ3n) is 7.17. The van der Waals surface area contributed by atoms with Gasteiger partial charge in [-0.15, -0.1) is 0 Å². The highest BCUT2D eigenvalue weighted by atomic mass is 32.2. The lowest BCUT2D eigenvalue weighted by molar-refractivity contribution is -0.144. The number of hydrogen-bond donors (Lipinski definition) is 4. The molecule has 2 aromatic carbocycles. The van der Waals surface area contributed by atoms with Crippen LogP contribution in [0.5, 0.6) is 0 Å². The molecule has 4 atom stereocenters. The fourth-order valence-electron chi connectivity index (χ4n) is 4.90. The first-order valence-corrected chi connectivity index (χ1v) is 13.9. The van der Waals surface area contributed by atoms with Gasteiger partial charge in [0.2, 0.25) is 9.84 Å². The van der Waals surface area contributed by atoms with Crippen molar-refractivity contribution in [3.05, 3.63) is 59.7 Å². The van der Waals surface area contributed by atoms with Crippen molar-refractivity contribution in [1.82, 2.24) is 10.6 Å². The maximum atomic E-state index is 13.5. The van der Waals surface area contributed by atoms with Crippen molar-refractivity contribution < 1.29 is 28.2 Å². The number of aliphatic carboxylic acids is 2. The molecule has 0 aromatic heterocycles. The van der Waals surface area contributed by atoms with Gasteiger partial charge in [0.1, 0.15) is 0 Å². The van der Waals surface area contributed by atoms with E-state index in [-0.39, 0.29) is 34.5 Å². The van der Waals surface area contributed by atoms with Crippen LogP contribution in [-0.2, 0) is 32.3 Å². The third kappa shape index (κ3) is 6.93. The van der Waals surface area contributed by atoms with Crippen LogP contribution in [0.3, 0.4) is 0 Å². The van der Waals surface area contributed by atoms with E-state index in [0.717, 1.165) is 13.0 Å². The van der Waals surface area contributed by atoms with Gasteiger partial charge in [0.25, 0.3) is 0 Å². The SMILES string of the molecule is CNCC[C@@H](C)[C@H](Cc1cccc(S(=O)(=O)c2cccc(C[C@H](C(=O)O)[C@H]3CCNC3)c2)c1)C(=O)O. The molecule has 2 aromatic rings. The summed E-state index contributed by atoms with van der Waals surface area (Å²) in [6, 6.07) is 12.9. The zero-order valence-corrected chi connectivity index (χ0v) is 21.6. The Labute approximate surface area is 213 Å². The molecular formula is C27H36N2O6S. The first-order valence-electron chi connectivity index (χ1n) is 12.4. The Kier molecular flexibility index (Phi) is 9.64. The molecule has 0 saturated carbocycles. The molecule has 0 bridgehead atoms. The maximum Gasteiger partial charge on any atom is 0.307 e. The van der Waals surface area contributed by atoms with Crippen molar-refractivity contribution >= 4 is 21.8 Å². The van der Waals surface area contributed by atoms with Gasteiger partial charge in [-0.05, 0) is 99.6 Å². The summed E-state index contributed by atoms with van der Waals surface area (Å²) in [4.78, 5) is 24.0. The molecule has 0 unspecified atom stereocenters. The lowest BCUT2D eigenvalue weighted by atomic mass is 9.86. The molecule has 1 heterocycles. The first-order chi connectivity index (χ1) is 17.1. The molecule has 0 radical (unpaired) electrons. The number of carbonyl (C=O) groups is 2. The van der Waals surface area contributed by atoms with Crippen LogP contribution in [0.15, 0.2) is 58.3 Å². The lowest BCUT2D eigenvalue weighted by Gasteiger charge is -2.20. The molecule has 8 nitrogen and oxygen atoms in total. The summed E-state index contributed by atoms with van der Waals surface area (Å²) < 4.78 is 26.9. The molecule has 0 spiro atoms. The summed E-state index contributed by atoms with van der Waals surface area (Å²) in [6.07, 6.45) is 1.98. The van der Waals surface area contributed by atoms with Crippen LogP contribution < -0.4 is 10.6 Å². The highest BCUT2D eigenvalue weighted by molar-refractivity contribution is 7.91. The fraction of sp³-hybridized carbons (Fsp3) is 0.481. The van der Waals surface area contributed by atoms with Gasteiger partial charge in [-0.1, -0.05) is 31.2 Å². The van der Waals surface area contributed by atoms with E-state index >= 15 is 0 Å². The predicted molar refractivity (Wildman–Crippen MR) is 137 cm³/mol. The second kappa shape index (κ2) is 12.5. The van der Waals surface area contributed by atoms with Crippen molar-refractivity contribution in [1.29, 1.82) is 0 Å². The van der Waals surface area contributed by atoms with Crippen LogP contribution >= 0.6 is 0 Å². The number of sulfone groups is 1. The summed E-state index contributed by atoms with van der Waals surface area (Å²) in [5.74, 6) is -3.05. The average molecular weight is 517 g/mol. The Morgan fingerprint density at radius 3 is 2.14 bits per heavy atom. The van der Waals surface area contributed by atoms with Crippen molar-refractivity contribution in [2.24, 2.45) is 23.7 Å². The second-order valence-corrected chi connectivity index (χ2v) is 11.7. The van der Waals surface area contributed by atoms with Crippen LogP contribution in [0.25, 0.3) is 0 Å². The highest BCUT2D eigenvalue weighted by Gasteiger charge is 2.31. The minimum Gasteiger partial charge on any atom is -0.481 e. The second-order valence-electron chi connectivity index (χ2n) is 9.72. The molecule has 36 heavy (non-hydrogen) atoms. The van der Waals surface area contributed by atoms with Gasteiger partial charge in [0.15, 0.2) is 0 Å². The minimum atomic E-state index is -3.87. The molecule has 1 aliphatic heterocycles. The van der Waals surface area contributed by atoms with Gasteiger partial charge in [-0.25, -0.2) is 8.42 Å². The van der Waals surface area contributed by atoms with Crippen molar-refractivity contribution in [3.63, 3.8) is 0 Å². The Morgan fingerprint density at radius 2 is 1.64 bits per heavy atom. The van der Waals surface area contributed by atoms with Crippen LogP contribution in [0.2, 0.25) is 0 Å². The predicted octanol–water partition coefficient (Wildman–Crippen LogP) is 2.86. The molecule has 1 fully saturated rings. The molecule has 3 rings (SSSR count). The normalized spacial score (nSPS) is 18.4. The van der Waals surface area contributed by atoms with Crippen LogP contribution in [0.1, 0.15) is 30.9 Å². The molecule has 1 saturated heterocycles. The number of benzene rings is 2. The number of rotatable bonds is 13. The average Bonchev–Trinajstić information content (AvgIpc) is 3.39. The first kappa shape index (κ1) is 27.8. The zero-order chi connectivity index (χ0) is 26.3. The maximum absolute atomic E-state index is 13.5. The monoisotopic (exact) mass is 516 g/mol. The summed E-state index contributed by atoms with van der Waals surface area (Å²) in [6.45, 7) is 4.03. The van der Waals surface area contributed by atoms with Crippen LogP contribution in [-0.4, -0.2) is 57.3 Å². The van der Waals surface area contributed by atoms with Crippen molar-refractivity contribution in [2.45, 2.75) is 42.4 Å². The van der Waals surface area contributed by atoms with Gasteiger partial charge < -0.3 is 20.8 Å². The van der Waals surface area contributed by atoms with Crippen molar-refractivity contribution in [3.8, 4) is 0 Å². The Morgan fingerprint density at radius 1 is 1.03 bits per heavy atom. The Hall–Kier alpha value is -2.75. The van der Waals surface area contributed by atoms with Crippen LogP contribution in [0, 0.1) is 23.7 Å². The van der Waals surface area contributed by atoms with E-state index in [1.54, 1.807) is 36.4 Å². The van der Waals surface area contributed by atoms with E-state index in [9.17, 15) is 28.2 Å². The summed E-state index contributed by atoms with van der Waals surface area (Å²) in [5, 5.41) is 25.7. The topological polar surface area (TPSA) is 133 Å². The van der Waals surface area contributed by atoms with E-state index < -0.39 is 33.6 Å². The molecule has 196 valence electrons. The lowest BCUT2D eigenvalue weighted by Crippen LogP contribution is -2.27. The molecule has 0 aliphatic carbocycles. The van der Waals surface area contributed by atoms with Gasteiger partial charge in [0, 0.05) is 0 Å². The zero-order valence-electron chi connectivity index (χ0n) is 20.8. The number of carboxylic acids is 2. The quantitative estimate of drug-likeness (QED) is 0.319. The minimum absolute atomic E-state index is 0.0112. The largest absolute Gasteiger partial charge is 0.481 e. The number of hydrogen-bond acceptors (Lipinski definition) is 6. The van der Waals surface area contributed by atoms with E-state index in [1.807, 2.05) is 14.0 Å². The smallest absolute Gasteiger partial charge is 0.307 e. The Balaban J connectivity index is 1.83. The van der Waals surface area contributed by atoms with Gasteiger partial charge in [0.05, 0.1) is 21.6 Å². The van der Waals surface area contributed by atoms with Gasteiger partial charge in [-0.2, -0.15) is 0 Å². The summed E-state index contributed by atoms with van der Waals surface area (Å²) in [5.41, 5.74) is 1.31. The Bertz CT molecular complexity index is 1160. The molecule has 9 heteroatoms. The van der Waals surface area contributed by atoms with Gasteiger partial charge in [-0.3, -0.25) is 9.59 Å². The molecule has 1 aliphatic rings. The van der Waals surface area contributed by atoms with Crippen LogP contribution in [0.4, 0.5) is 0 Å². The molecule has 0 amide bonds. The standard InChI is InChI=1S/C27H36N2O6S/c1-18(9-11-28-2)24(26(30)31)15-19-5-3-7-22(13-19)36(34,35)23-8-4-6-20(14-23)16-25(27(32)33)21-10-12-29-17-21/h3-8,13-14,18,21,24-25,28-29H,9-12,15-17H2,1-2H3,(H,30,31)(H,32,33)/t18-,21+,24+,25+/m1/s1. The third-order valence-corrected chi connectivity index (χ3v) is 8.92. The highest BCUT2D eigenvalue weighted by Crippen LogP contribution is 2.28. The van der Waals surface area contributed by atoms with Gasteiger partial charge >= 0.3 is 11.9 Å². The fourth-order valence-corrected chi connectivity index (χ4v) is 6.30.